The Morgan fingerprint density at radius 1 is 0.943 bits per heavy atom. The molecule has 270 valence electrons. The maximum atomic E-state index is 15.2. The van der Waals surface area contributed by atoms with Crippen LogP contribution in [-0.2, 0) is 26.2 Å². The smallest absolute Gasteiger partial charge is 0.242 e. The lowest BCUT2D eigenvalue weighted by Crippen LogP contribution is -2.49. The molecule has 6 atom stereocenters. The molecule has 9 nitrogen and oxygen atoms in total. The van der Waals surface area contributed by atoms with E-state index in [4.69, 9.17) is 16.7 Å². The van der Waals surface area contributed by atoms with E-state index in [1.807, 2.05) is 95.3 Å². The van der Waals surface area contributed by atoms with Gasteiger partial charge in [0.1, 0.15) is 17.3 Å². The van der Waals surface area contributed by atoms with E-state index in [1.165, 1.54) is 9.80 Å². The number of hydrogen-bond acceptors (Lipinski definition) is 7. The van der Waals surface area contributed by atoms with Gasteiger partial charge in [-0.2, -0.15) is 5.10 Å². The van der Waals surface area contributed by atoms with Crippen molar-refractivity contribution in [1.82, 2.24) is 14.7 Å². The van der Waals surface area contributed by atoms with Crippen LogP contribution >= 0.6 is 22.9 Å². The molecule has 2 saturated heterocycles. The minimum Gasteiger partial charge on any atom is -0.507 e. The summed E-state index contributed by atoms with van der Waals surface area (Å²) >= 11 is 7.90. The summed E-state index contributed by atoms with van der Waals surface area (Å²) in [6.45, 7) is 9.42. The monoisotopic (exact) mass is 746 g/mol. The Morgan fingerprint density at radius 2 is 1.70 bits per heavy atom. The third-order valence-electron chi connectivity index (χ3n) is 12.4. The van der Waals surface area contributed by atoms with Crippen molar-refractivity contribution in [3.8, 4) is 16.3 Å². The molecule has 5 aromatic rings. The van der Waals surface area contributed by atoms with Gasteiger partial charge in [0.25, 0.3) is 0 Å². The van der Waals surface area contributed by atoms with Gasteiger partial charge in [-0.3, -0.25) is 28.8 Å². The predicted octanol–water partition coefficient (Wildman–Crippen LogP) is 8.15. The van der Waals surface area contributed by atoms with Gasteiger partial charge in [0.2, 0.25) is 23.6 Å². The van der Waals surface area contributed by atoms with Gasteiger partial charge in [-0.25, -0.2) is 4.90 Å². The van der Waals surface area contributed by atoms with Crippen LogP contribution in [0.2, 0.25) is 5.02 Å². The second kappa shape index (κ2) is 11.4. The van der Waals surface area contributed by atoms with Gasteiger partial charge in [-0.1, -0.05) is 59.6 Å². The first-order valence-electron chi connectivity index (χ1n) is 18.0. The maximum absolute atomic E-state index is 15.2. The minimum absolute atomic E-state index is 0.0451. The summed E-state index contributed by atoms with van der Waals surface area (Å²) in [4.78, 5) is 61.8. The van der Waals surface area contributed by atoms with Gasteiger partial charge in [-0.15, -0.1) is 11.3 Å². The van der Waals surface area contributed by atoms with Crippen molar-refractivity contribution in [3.63, 3.8) is 0 Å². The first-order valence-corrected chi connectivity index (χ1v) is 19.2. The molecule has 2 aliphatic carbocycles. The molecule has 1 N–H and O–H groups in total. The Bertz CT molecular complexity index is 2510. The number of halogens is 1. The van der Waals surface area contributed by atoms with Gasteiger partial charge in [0, 0.05) is 45.2 Å². The van der Waals surface area contributed by atoms with E-state index in [-0.39, 0.29) is 35.8 Å². The van der Waals surface area contributed by atoms with Crippen LogP contribution in [0.4, 0.5) is 5.82 Å². The molecule has 3 fully saturated rings. The minimum atomic E-state index is -1.31. The van der Waals surface area contributed by atoms with Crippen LogP contribution in [0.25, 0.3) is 31.4 Å². The number of allylic oxidation sites excluding steroid dienone is 2. The molecular formula is C42H39ClN4O5S. The number of benzene rings is 3. The van der Waals surface area contributed by atoms with Gasteiger partial charge in [0.05, 0.1) is 28.0 Å². The van der Waals surface area contributed by atoms with Gasteiger partial charge >= 0.3 is 0 Å². The fourth-order valence-electron chi connectivity index (χ4n) is 9.96. The predicted molar refractivity (Wildman–Crippen MR) is 206 cm³/mol. The Kier molecular flexibility index (Phi) is 7.28. The molecule has 0 unspecified atom stereocenters. The summed E-state index contributed by atoms with van der Waals surface area (Å²) < 4.78 is 2.63. The highest BCUT2D eigenvalue weighted by Gasteiger charge is 2.68. The largest absolute Gasteiger partial charge is 0.507 e. The van der Waals surface area contributed by atoms with Crippen molar-refractivity contribution >= 4 is 73.2 Å². The molecule has 4 amide bonds. The number of phenolic OH excluding ortho intramolecular Hbond substituents is 1. The molecular weight excluding hydrogens is 708 g/mol. The number of rotatable bonds is 3. The van der Waals surface area contributed by atoms with E-state index in [0.29, 0.717) is 33.9 Å². The summed E-state index contributed by atoms with van der Waals surface area (Å²) in [6.07, 6.45) is 2.59. The van der Waals surface area contributed by atoms with E-state index in [1.54, 1.807) is 29.1 Å². The number of likely N-dealkylation sites (tertiary alicyclic amines) is 1. The lowest BCUT2D eigenvalue weighted by molar-refractivity contribution is -0.145. The Hall–Kier alpha value is -4.80. The van der Waals surface area contributed by atoms with E-state index in [0.717, 1.165) is 31.5 Å². The number of aryl methyl sites for hydroxylation is 2. The third kappa shape index (κ3) is 4.57. The molecule has 9 rings (SSSR count). The number of aromatic hydroxyl groups is 1. The number of anilines is 1. The summed E-state index contributed by atoms with van der Waals surface area (Å²) in [5, 5.41) is 19.9. The molecule has 11 heteroatoms. The highest BCUT2D eigenvalue weighted by molar-refractivity contribution is 7.22. The first kappa shape index (κ1) is 34.0. The molecule has 0 spiro atoms. The average molecular weight is 747 g/mol. The molecule has 53 heavy (non-hydrogen) atoms. The number of imide groups is 2. The number of carbonyl (C=O) groups excluding carboxylic acids is 4. The second-order valence-corrected chi connectivity index (χ2v) is 17.8. The summed E-state index contributed by atoms with van der Waals surface area (Å²) in [7, 11) is 1.73. The molecule has 4 heterocycles. The van der Waals surface area contributed by atoms with E-state index in [9.17, 15) is 19.5 Å². The number of nitrogens with zero attached hydrogens (tertiary/aromatic N) is 4. The lowest BCUT2D eigenvalue weighted by Gasteiger charge is -2.49. The number of fused-ring (bicyclic) bond motifs is 6. The zero-order valence-corrected chi connectivity index (χ0v) is 31.9. The zero-order chi connectivity index (χ0) is 37.5. The molecule has 2 aliphatic heterocycles. The number of amides is 4. The average Bonchev–Trinajstić information content (AvgIpc) is 3.78. The lowest BCUT2D eigenvalue weighted by atomic mass is 9.51. The Labute approximate surface area is 315 Å². The van der Waals surface area contributed by atoms with Crippen molar-refractivity contribution in [1.29, 1.82) is 0 Å². The van der Waals surface area contributed by atoms with Gasteiger partial charge < -0.3 is 5.11 Å². The van der Waals surface area contributed by atoms with Crippen molar-refractivity contribution in [2.45, 2.75) is 58.9 Å². The Balaban J connectivity index is 1.20. The van der Waals surface area contributed by atoms with Crippen LogP contribution < -0.4 is 4.90 Å². The molecule has 2 aromatic heterocycles. The van der Waals surface area contributed by atoms with E-state index < -0.39 is 40.5 Å². The second-order valence-electron chi connectivity index (χ2n) is 16.3. The van der Waals surface area contributed by atoms with Crippen LogP contribution in [0.15, 0.2) is 72.3 Å². The SMILES string of the molecule is Cc1c(-c2cc(N3C(=O)[C@@H]4C[C@@H]5C(=CC[C@@H]6C(=O)N(C(C)(C)C)C(=O)[C@@H]65)[C@H](c5ccc6ccccc6c5O)[C@]4(C)C3=O)n(C)n2)sc2ccc(Cl)cc12. The molecule has 3 aromatic carbocycles. The van der Waals surface area contributed by atoms with Crippen molar-refractivity contribution in [2.24, 2.45) is 36.1 Å². The maximum Gasteiger partial charge on any atom is 0.242 e. The van der Waals surface area contributed by atoms with Crippen LogP contribution in [-0.4, -0.2) is 49.0 Å². The van der Waals surface area contributed by atoms with E-state index >= 15 is 4.79 Å². The number of thiophene rings is 1. The zero-order valence-electron chi connectivity index (χ0n) is 30.3. The summed E-state index contributed by atoms with van der Waals surface area (Å²) in [5.41, 5.74) is 0.990. The van der Waals surface area contributed by atoms with Crippen molar-refractivity contribution in [3.05, 3.63) is 88.5 Å². The number of carbonyl (C=O) groups is 4. The fourth-order valence-corrected chi connectivity index (χ4v) is 11.3. The highest BCUT2D eigenvalue weighted by atomic mass is 35.5. The van der Waals surface area contributed by atoms with Crippen molar-refractivity contribution in [2.75, 3.05) is 4.90 Å². The molecule has 0 radical (unpaired) electrons. The van der Waals surface area contributed by atoms with Crippen LogP contribution in [0.5, 0.6) is 5.75 Å². The first-order chi connectivity index (χ1) is 25.1. The molecule has 4 aliphatic rings. The number of aromatic nitrogens is 2. The van der Waals surface area contributed by atoms with Crippen LogP contribution in [0.1, 0.15) is 57.6 Å². The Morgan fingerprint density at radius 3 is 2.45 bits per heavy atom. The number of hydrogen-bond donors (Lipinski definition) is 1. The van der Waals surface area contributed by atoms with Crippen molar-refractivity contribution < 1.29 is 24.3 Å². The highest BCUT2D eigenvalue weighted by Crippen LogP contribution is 2.65. The quantitative estimate of drug-likeness (QED) is 0.147. The molecule has 1 saturated carbocycles. The standard InChI is InChI=1S/C42H39ClN4O5S/c1-20-27-17-22(43)12-16-31(27)53-36(20)30-19-32(45(6)44-30)46-38(50)29-18-28-24(14-15-25-33(28)39(51)47(37(25)49)41(2,3)4)34(42(29,5)40(46)52)26-13-11-21-9-7-8-10-23(21)35(26)48/h7-14,16-17,19,25,28-29,33-34,48H,15,18H2,1-6H3/t25-,28+,29-,33-,34+,42+/m0/s1. The van der Waals surface area contributed by atoms with Gasteiger partial charge in [-0.05, 0) is 87.9 Å². The van der Waals surface area contributed by atoms with Gasteiger partial charge in [0.15, 0.2) is 0 Å². The van der Waals surface area contributed by atoms with Crippen LogP contribution in [0.3, 0.4) is 0 Å². The third-order valence-corrected chi connectivity index (χ3v) is 13.9. The fraction of sp³-hybridized carbons (Fsp3) is 0.357. The van der Waals surface area contributed by atoms with E-state index in [2.05, 4.69) is 0 Å². The topological polar surface area (TPSA) is 113 Å². The number of phenols is 1. The molecule has 0 bridgehead atoms. The summed E-state index contributed by atoms with van der Waals surface area (Å²) in [5.74, 6) is -4.04. The summed E-state index contributed by atoms with van der Waals surface area (Å²) in [6, 6.07) is 18.8. The normalized spacial score (nSPS) is 27.2. The van der Waals surface area contributed by atoms with Crippen LogP contribution in [0, 0.1) is 36.0 Å².